The van der Waals surface area contributed by atoms with Crippen molar-refractivity contribution in [2.75, 3.05) is 13.7 Å². The van der Waals surface area contributed by atoms with Crippen molar-refractivity contribution in [3.63, 3.8) is 0 Å². The first kappa shape index (κ1) is 13.5. The lowest BCUT2D eigenvalue weighted by molar-refractivity contribution is 0.0728. The van der Waals surface area contributed by atoms with Gasteiger partial charge >= 0.3 is 0 Å². The molecule has 3 heteroatoms. The zero-order chi connectivity index (χ0) is 13.0. The summed E-state index contributed by atoms with van der Waals surface area (Å²) in [6.45, 7) is 5.38. The van der Waals surface area contributed by atoms with Gasteiger partial charge in [-0.2, -0.15) is 0 Å². The Balaban J connectivity index is 2.16. The number of rotatable bonds is 6. The molecule has 3 nitrogen and oxygen atoms in total. The average Bonchev–Trinajstić information content (AvgIpc) is 2.83. The molecule has 2 rings (SSSR count). The predicted molar refractivity (Wildman–Crippen MR) is 73.9 cm³/mol. The minimum atomic E-state index is 0.217. The minimum absolute atomic E-state index is 0.217. The highest BCUT2D eigenvalue weighted by Crippen LogP contribution is 2.35. The molecular weight excluding hydrogens is 224 g/mol. The predicted octanol–water partition coefficient (Wildman–Crippen LogP) is 2.51. The van der Waals surface area contributed by atoms with Gasteiger partial charge in [-0.05, 0) is 44.4 Å². The standard InChI is InChI=1S/C15H24N2O/c1-4-9-16-14(11(2)18-3)13-8-7-12-6-5-10-17-15(12)13/h5-6,10-11,13-14,16H,4,7-9H2,1-3H3. The van der Waals surface area contributed by atoms with Crippen LogP contribution in [-0.4, -0.2) is 30.8 Å². The fourth-order valence-corrected chi connectivity index (χ4v) is 2.89. The number of hydrogen-bond donors (Lipinski definition) is 1. The van der Waals surface area contributed by atoms with Gasteiger partial charge in [-0.3, -0.25) is 4.98 Å². The molecule has 0 aliphatic heterocycles. The summed E-state index contributed by atoms with van der Waals surface area (Å²) in [6, 6.07) is 4.61. The molecule has 1 N–H and O–H groups in total. The Morgan fingerprint density at radius 3 is 3.11 bits per heavy atom. The molecule has 1 heterocycles. The molecule has 0 fully saturated rings. The van der Waals surface area contributed by atoms with Crippen LogP contribution in [0.1, 0.15) is 43.9 Å². The molecule has 1 aromatic rings. The van der Waals surface area contributed by atoms with E-state index in [0.29, 0.717) is 12.0 Å². The van der Waals surface area contributed by atoms with Crippen LogP contribution in [0.3, 0.4) is 0 Å². The summed E-state index contributed by atoms with van der Waals surface area (Å²) in [4.78, 5) is 4.59. The van der Waals surface area contributed by atoms with Gasteiger partial charge in [-0.1, -0.05) is 13.0 Å². The Morgan fingerprint density at radius 1 is 1.56 bits per heavy atom. The summed E-state index contributed by atoms with van der Waals surface area (Å²) in [6.07, 6.45) is 5.60. The van der Waals surface area contributed by atoms with Crippen molar-refractivity contribution < 1.29 is 4.74 Å². The van der Waals surface area contributed by atoms with Gasteiger partial charge in [0.2, 0.25) is 0 Å². The molecule has 0 bridgehead atoms. The van der Waals surface area contributed by atoms with Crippen molar-refractivity contribution in [1.29, 1.82) is 0 Å². The lowest BCUT2D eigenvalue weighted by Crippen LogP contribution is -2.44. The molecule has 3 atom stereocenters. The molecule has 1 aliphatic rings. The second-order valence-electron chi connectivity index (χ2n) is 5.11. The maximum Gasteiger partial charge on any atom is 0.0702 e. The van der Waals surface area contributed by atoms with E-state index in [1.54, 1.807) is 7.11 Å². The molecule has 3 unspecified atom stereocenters. The summed E-state index contributed by atoms with van der Waals surface area (Å²) in [5.41, 5.74) is 2.68. The van der Waals surface area contributed by atoms with E-state index in [0.717, 1.165) is 19.4 Å². The van der Waals surface area contributed by atoms with E-state index < -0.39 is 0 Å². The molecule has 0 saturated carbocycles. The van der Waals surface area contributed by atoms with Gasteiger partial charge in [0.25, 0.3) is 0 Å². The summed E-state index contributed by atoms with van der Waals surface area (Å²) >= 11 is 0. The van der Waals surface area contributed by atoms with Crippen molar-refractivity contribution in [1.82, 2.24) is 10.3 Å². The van der Waals surface area contributed by atoms with Crippen molar-refractivity contribution in [2.24, 2.45) is 0 Å². The number of ether oxygens (including phenoxy) is 1. The Labute approximate surface area is 110 Å². The van der Waals surface area contributed by atoms with Gasteiger partial charge in [0.15, 0.2) is 0 Å². The third-order valence-electron chi connectivity index (χ3n) is 3.94. The number of fused-ring (bicyclic) bond motifs is 1. The molecule has 1 aromatic heterocycles. The zero-order valence-corrected chi connectivity index (χ0v) is 11.6. The van der Waals surface area contributed by atoms with Gasteiger partial charge in [-0.15, -0.1) is 0 Å². The second-order valence-corrected chi connectivity index (χ2v) is 5.11. The first-order valence-corrected chi connectivity index (χ1v) is 6.97. The van der Waals surface area contributed by atoms with E-state index in [2.05, 4.69) is 30.2 Å². The van der Waals surface area contributed by atoms with E-state index in [1.165, 1.54) is 17.7 Å². The third kappa shape index (κ3) is 2.73. The second kappa shape index (κ2) is 6.30. The molecule has 0 saturated heterocycles. The van der Waals surface area contributed by atoms with Crippen LogP contribution in [0.2, 0.25) is 0 Å². The molecule has 18 heavy (non-hydrogen) atoms. The van der Waals surface area contributed by atoms with Crippen LogP contribution in [-0.2, 0) is 11.2 Å². The monoisotopic (exact) mass is 248 g/mol. The molecule has 100 valence electrons. The van der Waals surface area contributed by atoms with Crippen molar-refractivity contribution in [3.8, 4) is 0 Å². The highest BCUT2D eigenvalue weighted by atomic mass is 16.5. The van der Waals surface area contributed by atoms with Crippen LogP contribution in [0.25, 0.3) is 0 Å². The lowest BCUT2D eigenvalue weighted by atomic mass is 9.92. The Hall–Kier alpha value is -0.930. The summed E-state index contributed by atoms with van der Waals surface area (Å²) in [5.74, 6) is 0.489. The smallest absolute Gasteiger partial charge is 0.0702 e. The van der Waals surface area contributed by atoms with Crippen LogP contribution >= 0.6 is 0 Å². The number of aromatic nitrogens is 1. The first-order valence-electron chi connectivity index (χ1n) is 6.97. The van der Waals surface area contributed by atoms with Crippen molar-refractivity contribution in [2.45, 2.75) is 51.2 Å². The lowest BCUT2D eigenvalue weighted by Gasteiger charge is -2.29. The Bertz CT molecular complexity index is 381. The van der Waals surface area contributed by atoms with Gasteiger partial charge in [0.1, 0.15) is 0 Å². The third-order valence-corrected chi connectivity index (χ3v) is 3.94. The van der Waals surface area contributed by atoms with Crippen LogP contribution < -0.4 is 5.32 Å². The number of aryl methyl sites for hydroxylation is 1. The number of methoxy groups -OCH3 is 1. The number of hydrogen-bond acceptors (Lipinski definition) is 3. The molecular formula is C15H24N2O. The van der Waals surface area contributed by atoms with E-state index in [-0.39, 0.29) is 6.10 Å². The SMILES string of the molecule is CCCNC(C(C)OC)C1CCc2cccnc21. The molecule has 0 radical (unpaired) electrons. The van der Waals surface area contributed by atoms with E-state index in [1.807, 2.05) is 12.3 Å². The van der Waals surface area contributed by atoms with E-state index in [4.69, 9.17) is 4.74 Å². The maximum absolute atomic E-state index is 5.55. The van der Waals surface area contributed by atoms with Gasteiger partial charge in [0, 0.05) is 31.0 Å². The van der Waals surface area contributed by atoms with Crippen LogP contribution in [0.15, 0.2) is 18.3 Å². The fourth-order valence-electron chi connectivity index (χ4n) is 2.89. The Morgan fingerprint density at radius 2 is 2.39 bits per heavy atom. The number of pyridine rings is 1. The van der Waals surface area contributed by atoms with Gasteiger partial charge in [-0.25, -0.2) is 0 Å². The van der Waals surface area contributed by atoms with Crippen LogP contribution in [0, 0.1) is 0 Å². The zero-order valence-electron chi connectivity index (χ0n) is 11.6. The fraction of sp³-hybridized carbons (Fsp3) is 0.667. The number of nitrogens with zero attached hydrogens (tertiary/aromatic N) is 1. The van der Waals surface area contributed by atoms with Gasteiger partial charge < -0.3 is 10.1 Å². The molecule has 0 spiro atoms. The van der Waals surface area contributed by atoms with Crippen LogP contribution in [0.5, 0.6) is 0 Å². The molecule has 0 aromatic carbocycles. The maximum atomic E-state index is 5.55. The minimum Gasteiger partial charge on any atom is -0.380 e. The normalized spacial score (nSPS) is 21.6. The largest absolute Gasteiger partial charge is 0.380 e. The average molecular weight is 248 g/mol. The summed E-state index contributed by atoms with van der Waals surface area (Å²) in [5, 5.41) is 3.64. The molecule has 0 amide bonds. The highest BCUT2D eigenvalue weighted by Gasteiger charge is 2.33. The van der Waals surface area contributed by atoms with E-state index in [9.17, 15) is 0 Å². The Kier molecular flexibility index (Phi) is 4.72. The van der Waals surface area contributed by atoms with Crippen molar-refractivity contribution in [3.05, 3.63) is 29.6 Å². The molecule has 1 aliphatic carbocycles. The van der Waals surface area contributed by atoms with E-state index >= 15 is 0 Å². The summed E-state index contributed by atoms with van der Waals surface area (Å²) in [7, 11) is 1.79. The van der Waals surface area contributed by atoms with Crippen LogP contribution in [0.4, 0.5) is 0 Å². The highest BCUT2D eigenvalue weighted by molar-refractivity contribution is 5.30. The topological polar surface area (TPSA) is 34.1 Å². The van der Waals surface area contributed by atoms with Gasteiger partial charge in [0.05, 0.1) is 6.10 Å². The summed E-state index contributed by atoms with van der Waals surface area (Å²) < 4.78 is 5.55. The number of nitrogens with one attached hydrogen (secondary N) is 1. The van der Waals surface area contributed by atoms with Crippen molar-refractivity contribution >= 4 is 0 Å². The first-order chi connectivity index (χ1) is 8.77. The quantitative estimate of drug-likeness (QED) is 0.840.